The summed E-state index contributed by atoms with van der Waals surface area (Å²) in [6.45, 7) is 3.96. The number of ether oxygens (including phenoxy) is 1. The van der Waals surface area contributed by atoms with E-state index < -0.39 is 0 Å². The Hall–Kier alpha value is -1.98. The van der Waals surface area contributed by atoms with E-state index in [1.165, 1.54) is 5.56 Å². The summed E-state index contributed by atoms with van der Waals surface area (Å²) in [6, 6.07) is 8.15. The third kappa shape index (κ3) is 3.57. The lowest BCUT2D eigenvalue weighted by Gasteiger charge is -2.16. The van der Waals surface area contributed by atoms with Gasteiger partial charge in [0.1, 0.15) is 0 Å². The molecule has 5 heteroatoms. The quantitative estimate of drug-likeness (QED) is 0.882. The van der Waals surface area contributed by atoms with Gasteiger partial charge in [-0.15, -0.1) is 0 Å². The minimum Gasteiger partial charge on any atom is -0.392 e. The number of benzene rings is 1. The smallest absolute Gasteiger partial charge is 0.223 e. The Morgan fingerprint density at radius 2 is 2.21 bits per heavy atom. The normalized spacial score (nSPS) is 17.9. The molecule has 1 N–H and O–H groups in total. The first-order valence-electron chi connectivity index (χ1n) is 8.37. The van der Waals surface area contributed by atoms with Crippen molar-refractivity contribution < 1.29 is 14.6 Å². The van der Waals surface area contributed by atoms with Crippen LogP contribution in [-0.4, -0.2) is 47.7 Å². The Labute approximate surface area is 142 Å². The number of aliphatic hydroxyl groups excluding tert-OH is 1. The van der Waals surface area contributed by atoms with Crippen LogP contribution in [0.25, 0.3) is 10.9 Å². The first-order valence-corrected chi connectivity index (χ1v) is 8.37. The highest BCUT2D eigenvalue weighted by atomic mass is 16.5. The molecule has 0 aliphatic carbocycles. The Morgan fingerprint density at radius 1 is 1.38 bits per heavy atom. The first kappa shape index (κ1) is 16.9. The number of aryl methyl sites for hydroxylation is 1. The van der Waals surface area contributed by atoms with Gasteiger partial charge in [-0.25, -0.2) is 0 Å². The highest BCUT2D eigenvalue weighted by Gasteiger charge is 2.30. The summed E-state index contributed by atoms with van der Waals surface area (Å²) in [4.78, 5) is 18.7. The molecule has 1 fully saturated rings. The fraction of sp³-hybridized carbons (Fsp3) is 0.474. The number of hydrogen-bond donors (Lipinski definition) is 1. The molecule has 128 valence electrons. The van der Waals surface area contributed by atoms with Crippen LogP contribution in [0.1, 0.15) is 23.2 Å². The molecule has 24 heavy (non-hydrogen) atoms. The van der Waals surface area contributed by atoms with Gasteiger partial charge in [0.2, 0.25) is 5.91 Å². The molecule has 1 atom stereocenters. The topological polar surface area (TPSA) is 62.7 Å². The number of amides is 1. The second-order valence-corrected chi connectivity index (χ2v) is 6.56. The standard InChI is InChI=1S/C19H24N2O3/c1-13-3-4-15-10-16(12-22)18(20-17(15)7-13)8-14-9-19(23)21(11-14)5-6-24-2/h3-4,7,10,14,22H,5-6,8-9,11-12H2,1-2H3/t14-/m1/s1. The van der Waals surface area contributed by atoms with Crippen molar-refractivity contribution in [2.24, 2.45) is 5.92 Å². The summed E-state index contributed by atoms with van der Waals surface area (Å²) in [5.74, 6) is 0.425. The van der Waals surface area contributed by atoms with Gasteiger partial charge >= 0.3 is 0 Å². The monoisotopic (exact) mass is 328 g/mol. The molecule has 1 aliphatic rings. The lowest BCUT2D eigenvalue weighted by molar-refractivity contribution is -0.128. The van der Waals surface area contributed by atoms with E-state index in [2.05, 4.69) is 6.07 Å². The summed E-state index contributed by atoms with van der Waals surface area (Å²) < 4.78 is 5.06. The minimum atomic E-state index is -0.0276. The predicted octanol–water partition coefficient (Wildman–Crippen LogP) is 2.07. The largest absolute Gasteiger partial charge is 0.392 e. The average Bonchev–Trinajstić information content (AvgIpc) is 2.91. The third-order valence-electron chi connectivity index (χ3n) is 4.65. The van der Waals surface area contributed by atoms with Gasteiger partial charge in [0.15, 0.2) is 0 Å². The van der Waals surface area contributed by atoms with Crippen LogP contribution in [0, 0.1) is 12.8 Å². The summed E-state index contributed by atoms with van der Waals surface area (Å²) in [5, 5.41) is 10.7. The second-order valence-electron chi connectivity index (χ2n) is 6.56. The van der Waals surface area contributed by atoms with Gasteiger partial charge in [-0.1, -0.05) is 12.1 Å². The number of fused-ring (bicyclic) bond motifs is 1. The molecule has 1 aliphatic heterocycles. The van der Waals surface area contributed by atoms with Crippen molar-refractivity contribution in [3.8, 4) is 0 Å². The zero-order valence-electron chi connectivity index (χ0n) is 14.3. The van der Waals surface area contributed by atoms with Crippen molar-refractivity contribution in [2.75, 3.05) is 26.8 Å². The van der Waals surface area contributed by atoms with E-state index in [9.17, 15) is 9.90 Å². The molecular formula is C19H24N2O3. The number of pyridine rings is 1. The zero-order chi connectivity index (χ0) is 17.1. The maximum Gasteiger partial charge on any atom is 0.223 e. The number of aliphatic hydroxyl groups is 1. The number of hydrogen-bond acceptors (Lipinski definition) is 4. The Bertz CT molecular complexity index is 745. The number of methoxy groups -OCH3 is 1. The maximum absolute atomic E-state index is 12.1. The molecule has 0 bridgehead atoms. The molecule has 1 saturated heterocycles. The second kappa shape index (κ2) is 7.28. The van der Waals surface area contributed by atoms with Crippen molar-refractivity contribution in [1.29, 1.82) is 0 Å². The molecule has 2 heterocycles. The maximum atomic E-state index is 12.1. The molecule has 1 aromatic heterocycles. The van der Waals surface area contributed by atoms with Crippen molar-refractivity contribution >= 4 is 16.8 Å². The molecule has 3 rings (SSSR count). The van der Waals surface area contributed by atoms with Crippen molar-refractivity contribution in [2.45, 2.75) is 26.4 Å². The van der Waals surface area contributed by atoms with Crippen molar-refractivity contribution in [1.82, 2.24) is 9.88 Å². The van der Waals surface area contributed by atoms with E-state index in [1.807, 2.05) is 30.0 Å². The molecule has 0 radical (unpaired) electrons. The van der Waals surface area contributed by atoms with E-state index in [0.717, 1.165) is 35.1 Å². The van der Waals surface area contributed by atoms with E-state index in [-0.39, 0.29) is 18.4 Å². The van der Waals surface area contributed by atoms with E-state index in [0.29, 0.717) is 19.6 Å². The first-order chi connectivity index (χ1) is 11.6. The summed E-state index contributed by atoms with van der Waals surface area (Å²) in [6.07, 6.45) is 1.26. The third-order valence-corrected chi connectivity index (χ3v) is 4.65. The molecule has 1 amide bonds. The number of nitrogens with zero attached hydrogens (tertiary/aromatic N) is 2. The Morgan fingerprint density at radius 3 is 2.96 bits per heavy atom. The molecule has 0 spiro atoms. The highest BCUT2D eigenvalue weighted by Crippen LogP contribution is 2.25. The van der Waals surface area contributed by atoms with Gasteiger partial charge in [-0.05, 0) is 42.5 Å². The Kier molecular flexibility index (Phi) is 5.11. The zero-order valence-corrected chi connectivity index (χ0v) is 14.3. The number of aromatic nitrogens is 1. The van der Waals surface area contributed by atoms with Crippen LogP contribution in [0.3, 0.4) is 0 Å². The van der Waals surface area contributed by atoms with Gasteiger partial charge in [-0.2, -0.15) is 0 Å². The number of carbonyl (C=O) groups excluding carboxylic acids is 1. The lowest BCUT2D eigenvalue weighted by Crippen LogP contribution is -2.29. The number of carbonyl (C=O) groups is 1. The van der Waals surface area contributed by atoms with Crippen LogP contribution in [0.4, 0.5) is 0 Å². The van der Waals surface area contributed by atoms with E-state index >= 15 is 0 Å². The molecule has 1 aromatic carbocycles. The van der Waals surface area contributed by atoms with Crippen molar-refractivity contribution in [3.63, 3.8) is 0 Å². The fourth-order valence-corrected chi connectivity index (χ4v) is 3.36. The molecular weight excluding hydrogens is 304 g/mol. The van der Waals surface area contributed by atoms with Crippen LogP contribution in [0.2, 0.25) is 0 Å². The summed E-state index contributed by atoms with van der Waals surface area (Å²) in [7, 11) is 1.65. The van der Waals surface area contributed by atoms with Gasteiger partial charge in [0.05, 0.1) is 18.7 Å². The van der Waals surface area contributed by atoms with Crippen LogP contribution in [-0.2, 0) is 22.6 Å². The molecule has 2 aromatic rings. The van der Waals surface area contributed by atoms with Gasteiger partial charge in [-0.3, -0.25) is 9.78 Å². The number of likely N-dealkylation sites (tertiary alicyclic amines) is 1. The summed E-state index contributed by atoms with van der Waals surface area (Å²) in [5.41, 5.74) is 3.87. The molecule has 5 nitrogen and oxygen atoms in total. The van der Waals surface area contributed by atoms with Crippen LogP contribution in [0.5, 0.6) is 0 Å². The SMILES string of the molecule is COCCN1C[C@H](Cc2nc3cc(C)ccc3cc2CO)CC1=O. The average molecular weight is 328 g/mol. The van der Waals surface area contributed by atoms with Crippen LogP contribution >= 0.6 is 0 Å². The summed E-state index contributed by atoms with van der Waals surface area (Å²) >= 11 is 0. The van der Waals surface area contributed by atoms with E-state index in [4.69, 9.17) is 9.72 Å². The molecule has 0 saturated carbocycles. The highest BCUT2D eigenvalue weighted by molar-refractivity contribution is 5.80. The van der Waals surface area contributed by atoms with Crippen LogP contribution in [0.15, 0.2) is 24.3 Å². The molecule has 0 unspecified atom stereocenters. The number of rotatable bonds is 6. The van der Waals surface area contributed by atoms with Gasteiger partial charge in [0.25, 0.3) is 0 Å². The van der Waals surface area contributed by atoms with Gasteiger partial charge in [0, 0.05) is 37.7 Å². The van der Waals surface area contributed by atoms with Crippen LogP contribution < -0.4 is 0 Å². The van der Waals surface area contributed by atoms with Crippen molar-refractivity contribution in [3.05, 3.63) is 41.1 Å². The minimum absolute atomic E-state index is 0.0276. The van der Waals surface area contributed by atoms with Gasteiger partial charge < -0.3 is 14.7 Å². The predicted molar refractivity (Wildman–Crippen MR) is 92.7 cm³/mol. The van der Waals surface area contributed by atoms with E-state index in [1.54, 1.807) is 7.11 Å². The lowest BCUT2D eigenvalue weighted by atomic mass is 9.98. The Balaban J connectivity index is 1.80. The fourth-order valence-electron chi connectivity index (χ4n) is 3.36.